The highest BCUT2D eigenvalue weighted by molar-refractivity contribution is 5.94. The van der Waals surface area contributed by atoms with E-state index in [1.54, 1.807) is 13.8 Å². The molecule has 0 bridgehead atoms. The van der Waals surface area contributed by atoms with Crippen molar-refractivity contribution in [3.63, 3.8) is 0 Å². The molecule has 9 heteroatoms. The zero-order valence-electron chi connectivity index (χ0n) is 18.0. The van der Waals surface area contributed by atoms with E-state index < -0.39 is 47.8 Å². The van der Waals surface area contributed by atoms with E-state index in [4.69, 9.17) is 11.5 Å². The van der Waals surface area contributed by atoms with Crippen molar-refractivity contribution in [3.05, 3.63) is 0 Å². The van der Waals surface area contributed by atoms with Gasteiger partial charge in [0.1, 0.15) is 18.1 Å². The Bertz CT molecular complexity index is 565. The summed E-state index contributed by atoms with van der Waals surface area (Å²) in [4.78, 5) is 48.9. The minimum absolute atomic E-state index is 0.0789. The summed E-state index contributed by atoms with van der Waals surface area (Å²) in [7, 11) is 0. The molecule has 7 N–H and O–H groups in total. The Morgan fingerprint density at radius 1 is 0.750 bits per heavy atom. The summed E-state index contributed by atoms with van der Waals surface area (Å²) in [6.07, 6.45) is 0.625. The van der Waals surface area contributed by atoms with Gasteiger partial charge in [-0.3, -0.25) is 19.2 Å². The Kier molecular flexibility index (Phi) is 10.7. The van der Waals surface area contributed by atoms with Crippen LogP contribution in [0.25, 0.3) is 0 Å². The number of primary amides is 1. The van der Waals surface area contributed by atoms with Gasteiger partial charge >= 0.3 is 0 Å². The summed E-state index contributed by atoms with van der Waals surface area (Å²) in [5.74, 6) is -2.55. The van der Waals surface area contributed by atoms with Gasteiger partial charge in [0, 0.05) is 0 Å². The maximum atomic E-state index is 12.8. The van der Waals surface area contributed by atoms with Crippen LogP contribution in [-0.4, -0.2) is 47.8 Å². The van der Waals surface area contributed by atoms with Gasteiger partial charge in [-0.15, -0.1) is 0 Å². The monoisotopic (exact) mass is 399 g/mol. The van der Waals surface area contributed by atoms with Gasteiger partial charge in [-0.2, -0.15) is 0 Å². The molecule has 4 amide bonds. The zero-order valence-corrected chi connectivity index (χ0v) is 18.0. The molecule has 0 heterocycles. The van der Waals surface area contributed by atoms with E-state index in [1.807, 2.05) is 27.7 Å². The predicted octanol–water partition coefficient (Wildman–Crippen LogP) is -0.369. The van der Waals surface area contributed by atoms with Gasteiger partial charge in [0.25, 0.3) is 0 Å². The SMILES string of the molecule is CC[C@H](C)[C@H](NC(=O)[C@@H](NC(=O)[C@@H](N)C(C)C)C(C)C)C(=O)N[C@@H](C)C(N)=O. The topological polar surface area (TPSA) is 156 Å². The molecule has 0 saturated carbocycles. The maximum absolute atomic E-state index is 12.8. The molecular formula is C19H37N5O4. The lowest BCUT2D eigenvalue weighted by molar-refractivity contribution is -0.135. The van der Waals surface area contributed by atoms with Gasteiger partial charge in [-0.05, 0) is 24.7 Å². The lowest BCUT2D eigenvalue weighted by atomic mass is 9.96. The molecule has 0 aromatic heterocycles. The predicted molar refractivity (Wildman–Crippen MR) is 108 cm³/mol. The fourth-order valence-electron chi connectivity index (χ4n) is 2.41. The molecule has 5 atom stereocenters. The third-order valence-electron chi connectivity index (χ3n) is 4.85. The van der Waals surface area contributed by atoms with Crippen molar-refractivity contribution in [2.45, 2.75) is 79.1 Å². The molecule has 0 radical (unpaired) electrons. The average Bonchev–Trinajstić information content (AvgIpc) is 2.61. The molecule has 0 rings (SSSR count). The second-order valence-corrected chi connectivity index (χ2v) is 8.00. The van der Waals surface area contributed by atoms with Crippen LogP contribution in [0.5, 0.6) is 0 Å². The molecule has 0 saturated heterocycles. The van der Waals surface area contributed by atoms with E-state index in [0.29, 0.717) is 6.42 Å². The average molecular weight is 400 g/mol. The molecule has 9 nitrogen and oxygen atoms in total. The molecule has 162 valence electrons. The summed E-state index contributed by atoms with van der Waals surface area (Å²) >= 11 is 0. The van der Waals surface area contributed by atoms with Crippen molar-refractivity contribution >= 4 is 23.6 Å². The van der Waals surface area contributed by atoms with Gasteiger partial charge in [-0.1, -0.05) is 48.0 Å². The smallest absolute Gasteiger partial charge is 0.243 e. The Morgan fingerprint density at radius 3 is 1.61 bits per heavy atom. The third-order valence-corrected chi connectivity index (χ3v) is 4.85. The van der Waals surface area contributed by atoms with Crippen molar-refractivity contribution < 1.29 is 19.2 Å². The number of carbonyl (C=O) groups is 4. The van der Waals surface area contributed by atoms with Crippen LogP contribution in [0, 0.1) is 17.8 Å². The molecule has 0 aromatic rings. The van der Waals surface area contributed by atoms with Crippen molar-refractivity contribution in [1.29, 1.82) is 0 Å². The van der Waals surface area contributed by atoms with Crippen LogP contribution < -0.4 is 27.4 Å². The summed E-state index contributed by atoms with van der Waals surface area (Å²) in [6, 6.07) is -3.30. The summed E-state index contributed by atoms with van der Waals surface area (Å²) in [5.41, 5.74) is 11.0. The number of hydrogen-bond donors (Lipinski definition) is 5. The fourth-order valence-corrected chi connectivity index (χ4v) is 2.41. The molecule has 0 aliphatic rings. The summed E-state index contributed by atoms with van der Waals surface area (Å²) in [5, 5.41) is 7.89. The van der Waals surface area contributed by atoms with Crippen molar-refractivity contribution in [1.82, 2.24) is 16.0 Å². The Labute approximate surface area is 167 Å². The van der Waals surface area contributed by atoms with Gasteiger partial charge in [0.05, 0.1) is 6.04 Å². The highest BCUT2D eigenvalue weighted by Crippen LogP contribution is 2.11. The van der Waals surface area contributed by atoms with Crippen LogP contribution in [0.3, 0.4) is 0 Å². The minimum Gasteiger partial charge on any atom is -0.368 e. The van der Waals surface area contributed by atoms with Gasteiger partial charge in [0.2, 0.25) is 23.6 Å². The fraction of sp³-hybridized carbons (Fsp3) is 0.789. The first-order chi connectivity index (χ1) is 12.8. The molecule has 0 aromatic carbocycles. The second kappa shape index (κ2) is 11.6. The number of amides is 4. The molecule has 0 aliphatic carbocycles. The van der Waals surface area contributed by atoms with Crippen LogP contribution in [0.1, 0.15) is 54.9 Å². The van der Waals surface area contributed by atoms with E-state index in [2.05, 4.69) is 16.0 Å². The van der Waals surface area contributed by atoms with Gasteiger partial charge < -0.3 is 27.4 Å². The number of rotatable bonds is 11. The maximum Gasteiger partial charge on any atom is 0.243 e. The lowest BCUT2D eigenvalue weighted by Crippen LogP contribution is -2.60. The lowest BCUT2D eigenvalue weighted by Gasteiger charge is -2.29. The quantitative estimate of drug-likeness (QED) is 0.320. The largest absolute Gasteiger partial charge is 0.368 e. The van der Waals surface area contributed by atoms with Crippen LogP contribution >= 0.6 is 0 Å². The molecule has 28 heavy (non-hydrogen) atoms. The Morgan fingerprint density at radius 2 is 1.21 bits per heavy atom. The first-order valence-corrected chi connectivity index (χ1v) is 9.79. The van der Waals surface area contributed by atoms with Crippen LogP contribution in [0.15, 0.2) is 0 Å². The standard InChI is InChI=1S/C19H37N5O4/c1-8-11(6)15(19(28)22-12(7)16(21)25)24-18(27)14(10(4)5)23-17(26)13(20)9(2)3/h9-15H,8,20H2,1-7H3,(H2,21,25)(H,22,28)(H,23,26)(H,24,27)/t11-,12-,13-,14-,15-/m0/s1. The van der Waals surface area contributed by atoms with Crippen molar-refractivity contribution in [2.24, 2.45) is 29.2 Å². The molecule has 0 aliphatic heterocycles. The van der Waals surface area contributed by atoms with E-state index >= 15 is 0 Å². The van der Waals surface area contributed by atoms with Gasteiger partial charge in [-0.25, -0.2) is 0 Å². The van der Waals surface area contributed by atoms with Gasteiger partial charge in [0.15, 0.2) is 0 Å². The Hall–Kier alpha value is -2.16. The first-order valence-electron chi connectivity index (χ1n) is 9.79. The van der Waals surface area contributed by atoms with E-state index in [1.165, 1.54) is 6.92 Å². The summed E-state index contributed by atoms with van der Waals surface area (Å²) < 4.78 is 0. The number of carbonyl (C=O) groups excluding carboxylic acids is 4. The molecular weight excluding hydrogens is 362 g/mol. The molecule has 0 fully saturated rings. The molecule has 0 unspecified atom stereocenters. The third kappa shape index (κ3) is 7.84. The van der Waals surface area contributed by atoms with Crippen LogP contribution in [-0.2, 0) is 19.2 Å². The summed E-state index contributed by atoms with van der Waals surface area (Å²) in [6.45, 7) is 12.4. The molecule has 0 spiro atoms. The number of nitrogens with one attached hydrogen (secondary N) is 3. The van der Waals surface area contributed by atoms with Crippen molar-refractivity contribution in [2.75, 3.05) is 0 Å². The normalized spacial score (nSPS) is 16.6. The van der Waals surface area contributed by atoms with E-state index in [-0.39, 0.29) is 17.8 Å². The van der Waals surface area contributed by atoms with Crippen LogP contribution in [0.4, 0.5) is 0 Å². The van der Waals surface area contributed by atoms with E-state index in [0.717, 1.165) is 0 Å². The number of nitrogens with two attached hydrogens (primary N) is 2. The Balaban J connectivity index is 5.35. The second-order valence-electron chi connectivity index (χ2n) is 8.00. The van der Waals surface area contributed by atoms with E-state index in [9.17, 15) is 19.2 Å². The number of hydrogen-bond acceptors (Lipinski definition) is 5. The first kappa shape index (κ1) is 25.8. The van der Waals surface area contributed by atoms with Crippen molar-refractivity contribution in [3.8, 4) is 0 Å². The zero-order chi connectivity index (χ0) is 22.2. The highest BCUT2D eigenvalue weighted by Gasteiger charge is 2.33. The minimum atomic E-state index is -0.865. The van der Waals surface area contributed by atoms with Crippen LogP contribution in [0.2, 0.25) is 0 Å². The highest BCUT2D eigenvalue weighted by atomic mass is 16.2.